The Kier molecular flexibility index (Phi) is 4.27. The van der Waals surface area contributed by atoms with Crippen LogP contribution in [0.5, 0.6) is 0 Å². The fourth-order valence-electron chi connectivity index (χ4n) is 3.12. The molecule has 0 aliphatic heterocycles. The Hall–Kier alpha value is -3.72. The van der Waals surface area contributed by atoms with E-state index in [-0.39, 0.29) is 0 Å². The van der Waals surface area contributed by atoms with Gasteiger partial charge in [-0.2, -0.15) is 0 Å². The number of benzene rings is 1. The fourth-order valence-corrected chi connectivity index (χ4v) is 3.12. The highest BCUT2D eigenvalue weighted by atomic mass is 14.4. The molecule has 3 nitrogen and oxygen atoms in total. The van der Waals surface area contributed by atoms with Crippen LogP contribution in [0.15, 0.2) is 79.0 Å². The summed E-state index contributed by atoms with van der Waals surface area (Å²) >= 11 is 0. The van der Waals surface area contributed by atoms with Gasteiger partial charge in [0.2, 0.25) is 0 Å². The molecule has 0 aromatic heterocycles. The SMILES string of the molecule is N=C1C=C[C+](c2cc(C3=C[CH+]C(=N)C=C3)cc(C3=C[CH+]C(=N)C=C3)c2)C=C1. The maximum Gasteiger partial charge on any atom is 0.165 e. The summed E-state index contributed by atoms with van der Waals surface area (Å²) in [5.74, 6) is 1.06. The quantitative estimate of drug-likeness (QED) is 0.635. The van der Waals surface area contributed by atoms with E-state index in [1.165, 1.54) is 0 Å². The van der Waals surface area contributed by atoms with E-state index in [4.69, 9.17) is 16.2 Å². The second-order valence-electron chi connectivity index (χ2n) is 6.53. The number of allylic oxidation sites excluding steroid dienone is 12. The molecular formula is C24H18N3+3. The fraction of sp³-hybridized carbons (Fsp3) is 0. The molecule has 1 aromatic rings. The van der Waals surface area contributed by atoms with Gasteiger partial charge in [0, 0.05) is 36.4 Å². The van der Waals surface area contributed by atoms with Crippen LogP contribution in [0.25, 0.3) is 11.1 Å². The van der Waals surface area contributed by atoms with Crippen LogP contribution in [0.2, 0.25) is 0 Å². The Labute approximate surface area is 159 Å². The number of rotatable bonds is 3. The molecule has 0 radical (unpaired) electrons. The summed E-state index contributed by atoms with van der Waals surface area (Å²) < 4.78 is 0. The number of nitrogens with one attached hydrogen (secondary N) is 3. The first-order valence-corrected chi connectivity index (χ1v) is 8.70. The molecule has 3 heteroatoms. The van der Waals surface area contributed by atoms with Gasteiger partial charge >= 0.3 is 0 Å². The van der Waals surface area contributed by atoms with Crippen LogP contribution >= 0.6 is 0 Å². The summed E-state index contributed by atoms with van der Waals surface area (Å²) in [4.78, 5) is 0. The molecule has 4 rings (SSSR count). The highest BCUT2D eigenvalue weighted by Gasteiger charge is 2.23. The first kappa shape index (κ1) is 16.7. The molecule has 126 valence electrons. The van der Waals surface area contributed by atoms with E-state index in [0.29, 0.717) is 17.1 Å². The van der Waals surface area contributed by atoms with Crippen LogP contribution in [-0.2, 0) is 0 Å². The second-order valence-corrected chi connectivity index (χ2v) is 6.53. The lowest BCUT2D eigenvalue weighted by atomic mass is 9.86. The first-order chi connectivity index (χ1) is 13.1. The largest absolute Gasteiger partial charge is 0.285 e. The zero-order valence-corrected chi connectivity index (χ0v) is 14.7. The minimum Gasteiger partial charge on any atom is -0.285 e. The van der Waals surface area contributed by atoms with Gasteiger partial charge in [0.05, 0.1) is 83.1 Å². The summed E-state index contributed by atoms with van der Waals surface area (Å²) in [6.07, 6.45) is 22.6. The molecule has 0 saturated heterocycles. The Balaban J connectivity index is 1.78. The monoisotopic (exact) mass is 348 g/mol. The highest BCUT2D eigenvalue weighted by molar-refractivity contribution is 6.08. The summed E-state index contributed by atoms with van der Waals surface area (Å²) in [6.45, 7) is 0. The lowest BCUT2D eigenvalue weighted by Crippen LogP contribution is -2.04. The van der Waals surface area contributed by atoms with E-state index in [0.717, 1.165) is 33.8 Å². The average molecular weight is 348 g/mol. The third-order valence-electron chi connectivity index (χ3n) is 4.59. The van der Waals surface area contributed by atoms with Gasteiger partial charge < -0.3 is 0 Å². The van der Waals surface area contributed by atoms with E-state index in [9.17, 15) is 0 Å². The smallest absolute Gasteiger partial charge is 0.165 e. The maximum atomic E-state index is 7.71. The van der Waals surface area contributed by atoms with E-state index in [2.05, 4.69) is 18.2 Å². The molecule has 1 aromatic carbocycles. The normalized spacial score (nSPS) is 18.2. The van der Waals surface area contributed by atoms with Gasteiger partial charge in [-0.05, 0) is 6.07 Å². The number of hydrogen-bond donors (Lipinski definition) is 3. The zero-order valence-electron chi connectivity index (χ0n) is 14.7. The summed E-state index contributed by atoms with van der Waals surface area (Å²) in [6, 6.07) is 6.42. The maximum absolute atomic E-state index is 7.71. The van der Waals surface area contributed by atoms with Crippen molar-refractivity contribution in [2.24, 2.45) is 0 Å². The van der Waals surface area contributed by atoms with E-state index in [1.807, 2.05) is 36.5 Å². The van der Waals surface area contributed by atoms with Crippen molar-refractivity contribution in [2.75, 3.05) is 0 Å². The van der Waals surface area contributed by atoms with Crippen LogP contribution in [0.3, 0.4) is 0 Å². The summed E-state index contributed by atoms with van der Waals surface area (Å²) in [5, 5.41) is 23.1. The van der Waals surface area contributed by atoms with Crippen molar-refractivity contribution in [2.45, 2.75) is 0 Å². The molecule has 0 fully saturated rings. The number of hydrogen-bond acceptors (Lipinski definition) is 3. The molecule has 27 heavy (non-hydrogen) atoms. The van der Waals surface area contributed by atoms with Gasteiger partial charge in [0.15, 0.2) is 11.4 Å². The van der Waals surface area contributed by atoms with Gasteiger partial charge in [-0.15, -0.1) is 0 Å². The van der Waals surface area contributed by atoms with Crippen molar-refractivity contribution in [1.82, 2.24) is 0 Å². The molecule has 0 unspecified atom stereocenters. The van der Waals surface area contributed by atoms with Crippen LogP contribution in [0.1, 0.15) is 16.7 Å². The van der Waals surface area contributed by atoms with E-state index in [1.54, 1.807) is 37.1 Å². The third kappa shape index (κ3) is 3.62. The van der Waals surface area contributed by atoms with E-state index < -0.39 is 0 Å². The molecule has 0 saturated carbocycles. The van der Waals surface area contributed by atoms with Gasteiger partial charge in [-0.25, -0.2) is 0 Å². The predicted octanol–water partition coefficient (Wildman–Crippen LogP) is 5.11. The molecular weight excluding hydrogens is 330 g/mol. The molecule has 3 N–H and O–H groups in total. The molecule has 0 heterocycles. The van der Waals surface area contributed by atoms with Crippen LogP contribution in [0, 0.1) is 35.0 Å². The Bertz CT molecular complexity index is 949. The minimum atomic E-state index is 0.493. The van der Waals surface area contributed by atoms with Gasteiger partial charge in [-0.3, -0.25) is 16.2 Å². The first-order valence-electron chi connectivity index (χ1n) is 8.70. The van der Waals surface area contributed by atoms with Gasteiger partial charge in [0.25, 0.3) is 0 Å². The molecule has 0 bridgehead atoms. The molecule has 0 atom stereocenters. The summed E-state index contributed by atoms with van der Waals surface area (Å²) in [7, 11) is 0. The average Bonchev–Trinajstić information content (AvgIpc) is 2.69. The lowest BCUT2D eigenvalue weighted by Gasteiger charge is -2.09. The second kappa shape index (κ2) is 6.89. The van der Waals surface area contributed by atoms with Crippen molar-refractivity contribution >= 4 is 28.3 Å². The molecule has 3 aliphatic rings. The van der Waals surface area contributed by atoms with Gasteiger partial charge in [0.1, 0.15) is 5.71 Å². The lowest BCUT2D eigenvalue weighted by molar-refractivity contribution is 1.33. The Morgan fingerprint density at radius 3 is 1.59 bits per heavy atom. The molecule has 0 amide bonds. The summed E-state index contributed by atoms with van der Waals surface area (Å²) in [5.41, 5.74) is 6.82. The van der Waals surface area contributed by atoms with Crippen molar-refractivity contribution in [3.05, 3.63) is 114 Å². The van der Waals surface area contributed by atoms with Crippen LogP contribution < -0.4 is 0 Å². The minimum absolute atomic E-state index is 0.493. The van der Waals surface area contributed by atoms with Crippen molar-refractivity contribution in [3.8, 4) is 0 Å². The predicted molar refractivity (Wildman–Crippen MR) is 113 cm³/mol. The van der Waals surface area contributed by atoms with Crippen molar-refractivity contribution in [3.63, 3.8) is 0 Å². The van der Waals surface area contributed by atoms with E-state index >= 15 is 0 Å². The molecule has 3 aliphatic carbocycles. The van der Waals surface area contributed by atoms with Crippen LogP contribution in [-0.4, -0.2) is 17.1 Å². The van der Waals surface area contributed by atoms with Crippen molar-refractivity contribution in [1.29, 1.82) is 16.2 Å². The third-order valence-corrected chi connectivity index (χ3v) is 4.59. The highest BCUT2D eigenvalue weighted by Crippen LogP contribution is 2.31. The molecule has 0 spiro atoms. The standard InChI is InChI=1S/C24H18N3/c25-22-7-1-16(2-8-22)19-13-20(17-3-9-23(26)10-4-17)15-21(14-19)18-5-11-24(27)12-6-18/h1-15,25-27H/q+3. The van der Waals surface area contributed by atoms with Crippen LogP contribution in [0.4, 0.5) is 0 Å². The Morgan fingerprint density at radius 2 is 1.15 bits per heavy atom. The van der Waals surface area contributed by atoms with Crippen molar-refractivity contribution < 1.29 is 0 Å². The topological polar surface area (TPSA) is 71.6 Å². The van der Waals surface area contributed by atoms with Gasteiger partial charge in [-0.1, -0.05) is 0 Å². The Morgan fingerprint density at radius 1 is 0.630 bits per heavy atom. The zero-order chi connectivity index (χ0) is 18.8.